The quantitative estimate of drug-likeness (QED) is 0.158. The van der Waals surface area contributed by atoms with Crippen molar-refractivity contribution in [1.82, 2.24) is 18.3 Å². The molecular formula is C84H58N4. The topological polar surface area (TPSA) is 19.7 Å². The molecule has 0 atom stereocenters. The average Bonchev–Trinajstić information content (AvgIpc) is 1.85. The highest BCUT2D eigenvalue weighted by atomic mass is 15.0. The minimum absolute atomic E-state index is 0.143. The largest absolute Gasteiger partial charge is 0.309 e. The predicted molar refractivity (Wildman–Crippen MR) is 370 cm³/mol. The van der Waals surface area contributed by atoms with E-state index in [9.17, 15) is 0 Å². The lowest BCUT2D eigenvalue weighted by Crippen LogP contribution is -2.15. The molecular weight excluding hydrogens is 1060 g/mol. The number of aromatic nitrogens is 4. The Morgan fingerprint density at radius 2 is 0.534 bits per heavy atom. The van der Waals surface area contributed by atoms with Crippen molar-refractivity contribution in [3.8, 4) is 67.3 Å². The van der Waals surface area contributed by atoms with Crippen molar-refractivity contribution in [2.45, 2.75) is 38.5 Å². The van der Waals surface area contributed by atoms with Gasteiger partial charge in [-0.1, -0.05) is 179 Å². The van der Waals surface area contributed by atoms with E-state index in [1.807, 2.05) is 0 Å². The zero-order valence-corrected chi connectivity index (χ0v) is 49.3. The number of benzene rings is 13. The number of nitrogens with zero attached hydrogens (tertiary/aromatic N) is 4. The molecule has 4 nitrogen and oxygen atoms in total. The van der Waals surface area contributed by atoms with Gasteiger partial charge < -0.3 is 18.3 Å². The molecule has 0 saturated carbocycles. The standard InChI is InChI=1S/C84H58N4/c1-83(2)71-27-15-11-23-59(71)64-47-70-67-45-54(53-34-40-78-66(44-53)60-24-12-16-28-75(60)85(78)55-19-7-5-8-20-55)35-41-79(67)87(82(70)49-73(64)83)57-36-31-51(32-37-57)52-33-39-72-63(43-52)65-48-69-62-26-14-18-30-77(62)88(81(69)50-74(65)84(72,3)4)58-38-42-80-68(46-58)61-25-13-17-29-76(61)86(80)56-21-9-6-10-22-56/h5-50H,1-4H3. The highest BCUT2D eigenvalue weighted by Gasteiger charge is 2.38. The van der Waals surface area contributed by atoms with Crippen LogP contribution in [0.15, 0.2) is 279 Å². The van der Waals surface area contributed by atoms with Gasteiger partial charge in [-0.25, -0.2) is 0 Å². The molecule has 19 rings (SSSR count). The summed E-state index contributed by atoms with van der Waals surface area (Å²) < 4.78 is 9.81. The molecule has 0 unspecified atom stereocenters. The van der Waals surface area contributed by atoms with Crippen molar-refractivity contribution in [2.24, 2.45) is 0 Å². The Kier molecular flexibility index (Phi) is 9.99. The van der Waals surface area contributed by atoms with Crippen LogP contribution in [-0.4, -0.2) is 18.3 Å². The minimum atomic E-state index is -0.211. The van der Waals surface area contributed by atoms with Gasteiger partial charge in [0.15, 0.2) is 0 Å². The lowest BCUT2D eigenvalue weighted by molar-refractivity contribution is 0.661. The van der Waals surface area contributed by atoms with Crippen LogP contribution in [0.4, 0.5) is 0 Å². The van der Waals surface area contributed by atoms with Crippen molar-refractivity contribution in [3.63, 3.8) is 0 Å². The van der Waals surface area contributed by atoms with Gasteiger partial charge in [0.25, 0.3) is 0 Å². The smallest absolute Gasteiger partial charge is 0.0544 e. The monoisotopic (exact) mass is 1120 g/mol. The summed E-state index contributed by atoms with van der Waals surface area (Å²) in [6.45, 7) is 9.59. The van der Waals surface area contributed by atoms with Crippen LogP contribution in [0.25, 0.3) is 154 Å². The van der Waals surface area contributed by atoms with Crippen molar-refractivity contribution in [3.05, 3.63) is 301 Å². The summed E-state index contributed by atoms with van der Waals surface area (Å²) in [7, 11) is 0. The van der Waals surface area contributed by atoms with Gasteiger partial charge in [0.05, 0.1) is 44.1 Å². The van der Waals surface area contributed by atoms with E-state index in [1.165, 1.54) is 165 Å². The highest BCUT2D eigenvalue weighted by Crippen LogP contribution is 2.54. The first kappa shape index (κ1) is 49.3. The summed E-state index contributed by atoms with van der Waals surface area (Å²) >= 11 is 0. The SMILES string of the molecule is CC1(C)c2ccc(-c3ccc(-n4c5ccc(-c6ccc7c(c6)c6ccccc6n7-c6ccccc6)cc5c5cc6c(cc54)C(C)(C)c4ccccc4-6)cc3)cc2-c2cc3c4ccccc4n(-c4ccc5c(c4)c4ccccc4n5-c4ccccc4)c3cc21. The van der Waals surface area contributed by atoms with Crippen LogP contribution in [0, 0.1) is 0 Å². The molecule has 2 aliphatic rings. The number of hydrogen-bond acceptors (Lipinski definition) is 0. The Hall–Kier alpha value is -10.9. The third-order valence-electron chi connectivity index (χ3n) is 20.3. The van der Waals surface area contributed by atoms with Gasteiger partial charge in [-0.05, 0) is 194 Å². The van der Waals surface area contributed by atoms with Gasteiger partial charge in [0, 0.05) is 76.7 Å². The third-order valence-corrected chi connectivity index (χ3v) is 20.3. The first-order chi connectivity index (χ1) is 43.2. The Morgan fingerprint density at radius 3 is 1.10 bits per heavy atom. The van der Waals surface area contributed by atoms with Crippen LogP contribution in [0.1, 0.15) is 49.9 Å². The molecule has 0 amide bonds. The number of rotatable bonds is 6. The van der Waals surface area contributed by atoms with Crippen LogP contribution < -0.4 is 0 Å². The Balaban J connectivity index is 0.727. The molecule has 414 valence electrons. The molecule has 4 heterocycles. The lowest BCUT2D eigenvalue weighted by atomic mass is 9.82. The maximum Gasteiger partial charge on any atom is 0.0544 e. The number of hydrogen-bond donors (Lipinski definition) is 0. The molecule has 17 aromatic rings. The number of fused-ring (bicyclic) bond motifs is 18. The molecule has 0 fully saturated rings. The Bertz CT molecular complexity index is 5840. The summed E-state index contributed by atoms with van der Waals surface area (Å²) in [5.41, 5.74) is 29.6. The zero-order valence-electron chi connectivity index (χ0n) is 49.3. The van der Waals surface area contributed by atoms with E-state index >= 15 is 0 Å². The van der Waals surface area contributed by atoms with E-state index in [0.717, 1.165) is 11.4 Å². The second-order valence-corrected chi connectivity index (χ2v) is 25.7. The lowest BCUT2D eigenvalue weighted by Gasteiger charge is -2.22. The second kappa shape index (κ2) is 17.8. The van der Waals surface area contributed by atoms with Gasteiger partial charge in [-0.2, -0.15) is 0 Å². The van der Waals surface area contributed by atoms with E-state index in [1.54, 1.807) is 0 Å². The average molecular weight is 1120 g/mol. The van der Waals surface area contributed by atoms with Crippen LogP contribution in [0.3, 0.4) is 0 Å². The summed E-state index contributed by atoms with van der Waals surface area (Å²) in [5.74, 6) is 0. The molecule has 0 N–H and O–H groups in total. The van der Waals surface area contributed by atoms with Gasteiger partial charge in [-0.15, -0.1) is 0 Å². The summed E-state index contributed by atoms with van der Waals surface area (Å²) in [6, 6.07) is 105. The van der Waals surface area contributed by atoms with E-state index in [-0.39, 0.29) is 10.8 Å². The predicted octanol–water partition coefficient (Wildman–Crippen LogP) is 22.0. The summed E-state index contributed by atoms with van der Waals surface area (Å²) in [5, 5.41) is 10.0. The molecule has 4 heteroatoms. The van der Waals surface area contributed by atoms with Gasteiger partial charge >= 0.3 is 0 Å². The minimum Gasteiger partial charge on any atom is -0.309 e. The molecule has 13 aromatic carbocycles. The normalized spacial score (nSPS) is 13.9. The number of para-hydroxylation sites is 5. The van der Waals surface area contributed by atoms with E-state index in [0.29, 0.717) is 0 Å². The molecule has 4 aromatic heterocycles. The third kappa shape index (κ3) is 6.74. The first-order valence-electron chi connectivity index (χ1n) is 30.9. The molecule has 88 heavy (non-hydrogen) atoms. The van der Waals surface area contributed by atoms with Crippen molar-refractivity contribution in [2.75, 3.05) is 0 Å². The maximum absolute atomic E-state index is 2.51. The second-order valence-electron chi connectivity index (χ2n) is 25.7. The van der Waals surface area contributed by atoms with Gasteiger partial charge in [-0.3, -0.25) is 0 Å². The fourth-order valence-electron chi connectivity index (χ4n) is 16.1. The Morgan fingerprint density at radius 1 is 0.193 bits per heavy atom. The van der Waals surface area contributed by atoms with Crippen molar-refractivity contribution < 1.29 is 0 Å². The molecule has 0 saturated heterocycles. The van der Waals surface area contributed by atoms with E-state index in [2.05, 4.69) is 325 Å². The van der Waals surface area contributed by atoms with Gasteiger partial charge in [0.2, 0.25) is 0 Å². The van der Waals surface area contributed by atoms with Crippen molar-refractivity contribution in [1.29, 1.82) is 0 Å². The Labute approximate surface area is 509 Å². The van der Waals surface area contributed by atoms with Crippen molar-refractivity contribution >= 4 is 87.2 Å². The summed E-state index contributed by atoms with van der Waals surface area (Å²) in [6.07, 6.45) is 0. The van der Waals surface area contributed by atoms with Crippen LogP contribution in [0.2, 0.25) is 0 Å². The fraction of sp³-hybridized carbons (Fsp3) is 0.0714. The zero-order chi connectivity index (χ0) is 58.3. The van der Waals surface area contributed by atoms with Crippen LogP contribution in [-0.2, 0) is 10.8 Å². The van der Waals surface area contributed by atoms with E-state index in [4.69, 9.17) is 0 Å². The first-order valence-corrected chi connectivity index (χ1v) is 30.9. The summed E-state index contributed by atoms with van der Waals surface area (Å²) in [4.78, 5) is 0. The molecule has 0 radical (unpaired) electrons. The van der Waals surface area contributed by atoms with E-state index < -0.39 is 0 Å². The van der Waals surface area contributed by atoms with Crippen LogP contribution in [0.5, 0.6) is 0 Å². The maximum atomic E-state index is 2.51. The highest BCUT2D eigenvalue weighted by molar-refractivity contribution is 6.16. The molecule has 2 aliphatic carbocycles. The molecule has 0 spiro atoms. The molecule has 0 bridgehead atoms. The van der Waals surface area contributed by atoms with Gasteiger partial charge in [0.1, 0.15) is 0 Å². The molecule has 0 aliphatic heterocycles. The van der Waals surface area contributed by atoms with Crippen LogP contribution >= 0.6 is 0 Å². The fourth-order valence-corrected chi connectivity index (χ4v) is 16.1.